The van der Waals surface area contributed by atoms with Gasteiger partial charge in [0.2, 0.25) is 0 Å². The van der Waals surface area contributed by atoms with E-state index in [9.17, 15) is 9.90 Å². The quantitative estimate of drug-likeness (QED) is 0.499. The highest BCUT2D eigenvalue weighted by atomic mass is 16.4. The van der Waals surface area contributed by atoms with Crippen molar-refractivity contribution in [3.05, 3.63) is 0 Å². The molecule has 0 aromatic rings. The molecular formula is C6H14N2O2. The molecule has 0 aromatic heterocycles. The number of nitrogens with one attached hydrogen (secondary N) is 1. The highest BCUT2D eigenvalue weighted by Crippen LogP contribution is 1.85. The predicted molar refractivity (Wildman–Crippen MR) is 36.3 cm³/mol. The second-order valence-electron chi connectivity index (χ2n) is 3.23. The Labute approximate surface area is 61.0 Å². The summed E-state index contributed by atoms with van der Waals surface area (Å²) in [6.45, 7) is 1.22. The minimum Gasteiger partial charge on any atom is -0.530 e. The van der Waals surface area contributed by atoms with E-state index in [2.05, 4.69) is 5.32 Å². The number of amides is 1. The van der Waals surface area contributed by atoms with Crippen molar-refractivity contribution in [3.63, 3.8) is 0 Å². The van der Waals surface area contributed by atoms with Gasteiger partial charge in [-0.25, -0.2) is 0 Å². The Balaban J connectivity index is 3.29. The molecule has 0 saturated carbocycles. The normalized spacial score (nSPS) is 11.1. The third-order valence-corrected chi connectivity index (χ3v) is 1.05. The van der Waals surface area contributed by atoms with Crippen molar-refractivity contribution < 1.29 is 14.4 Å². The van der Waals surface area contributed by atoms with Gasteiger partial charge in [-0.1, -0.05) is 0 Å². The van der Waals surface area contributed by atoms with Crippen molar-refractivity contribution in [1.29, 1.82) is 0 Å². The standard InChI is InChI=1S/C6H14N2O2/c1-8(2,3)5-4-7-6(9)10/h7H,4-5H2,1-3H3. The molecule has 0 unspecified atom stereocenters. The zero-order chi connectivity index (χ0) is 8.20. The van der Waals surface area contributed by atoms with Crippen LogP contribution in [0.5, 0.6) is 0 Å². The molecule has 0 aliphatic heterocycles. The molecule has 0 bridgehead atoms. The lowest BCUT2D eigenvalue weighted by atomic mass is 10.5. The van der Waals surface area contributed by atoms with Crippen LogP contribution in [0.1, 0.15) is 0 Å². The van der Waals surface area contributed by atoms with Gasteiger partial charge in [-0.05, 0) is 0 Å². The highest BCUT2D eigenvalue weighted by Gasteiger charge is 2.04. The number of quaternary nitrogens is 1. The first-order valence-electron chi connectivity index (χ1n) is 3.17. The average Bonchev–Trinajstić information content (AvgIpc) is 1.59. The van der Waals surface area contributed by atoms with Crippen LogP contribution in [-0.2, 0) is 0 Å². The lowest BCUT2D eigenvalue weighted by Gasteiger charge is -2.24. The van der Waals surface area contributed by atoms with E-state index in [1.54, 1.807) is 0 Å². The summed E-state index contributed by atoms with van der Waals surface area (Å²) in [5.41, 5.74) is 0. The maximum Gasteiger partial charge on any atom is 0.134 e. The summed E-state index contributed by atoms with van der Waals surface area (Å²) >= 11 is 0. The minimum atomic E-state index is -1.20. The number of hydrogen-bond acceptors (Lipinski definition) is 2. The van der Waals surface area contributed by atoms with Crippen molar-refractivity contribution in [2.45, 2.75) is 0 Å². The SMILES string of the molecule is C[N+](C)(C)CCNC(=O)[O-]. The Morgan fingerprint density at radius 1 is 1.50 bits per heavy atom. The van der Waals surface area contributed by atoms with E-state index in [1.165, 1.54) is 0 Å². The second kappa shape index (κ2) is 3.41. The molecule has 0 fully saturated rings. The van der Waals surface area contributed by atoms with Crippen LogP contribution in [0.3, 0.4) is 0 Å². The van der Waals surface area contributed by atoms with Crippen LogP contribution in [-0.4, -0.2) is 44.8 Å². The molecule has 0 aliphatic rings. The van der Waals surface area contributed by atoms with Gasteiger partial charge < -0.3 is 19.7 Å². The Morgan fingerprint density at radius 2 is 2.00 bits per heavy atom. The smallest absolute Gasteiger partial charge is 0.134 e. The summed E-state index contributed by atoms with van der Waals surface area (Å²) in [5.74, 6) is 0. The lowest BCUT2D eigenvalue weighted by molar-refractivity contribution is -0.869. The van der Waals surface area contributed by atoms with Gasteiger partial charge in [-0.3, -0.25) is 0 Å². The molecule has 1 N–H and O–H groups in total. The molecule has 0 aromatic carbocycles. The van der Waals surface area contributed by atoms with Crippen LogP contribution < -0.4 is 10.4 Å². The maximum absolute atomic E-state index is 9.86. The van der Waals surface area contributed by atoms with Gasteiger partial charge in [-0.15, -0.1) is 0 Å². The molecule has 60 valence electrons. The van der Waals surface area contributed by atoms with Crippen LogP contribution in [0.25, 0.3) is 0 Å². The Kier molecular flexibility index (Phi) is 3.15. The third-order valence-electron chi connectivity index (χ3n) is 1.05. The van der Waals surface area contributed by atoms with Crippen LogP contribution in [0, 0.1) is 0 Å². The van der Waals surface area contributed by atoms with Crippen LogP contribution in [0.2, 0.25) is 0 Å². The first-order chi connectivity index (χ1) is 4.42. The summed E-state index contributed by atoms with van der Waals surface area (Å²) in [7, 11) is 5.99. The van der Waals surface area contributed by atoms with E-state index in [-0.39, 0.29) is 0 Å². The molecular weight excluding hydrogens is 132 g/mol. The Hall–Kier alpha value is -0.770. The summed E-state index contributed by atoms with van der Waals surface area (Å²) < 4.78 is 0.750. The Morgan fingerprint density at radius 3 is 2.30 bits per heavy atom. The fourth-order valence-corrected chi connectivity index (χ4v) is 0.493. The molecule has 0 aliphatic carbocycles. The summed E-state index contributed by atoms with van der Waals surface area (Å²) in [4.78, 5) is 9.86. The zero-order valence-electron chi connectivity index (χ0n) is 6.68. The van der Waals surface area contributed by atoms with Gasteiger partial charge in [-0.2, -0.15) is 0 Å². The largest absolute Gasteiger partial charge is 0.530 e. The van der Waals surface area contributed by atoms with Crippen molar-refractivity contribution in [2.24, 2.45) is 0 Å². The number of carbonyl (C=O) groups is 1. The van der Waals surface area contributed by atoms with Gasteiger partial charge in [0.1, 0.15) is 6.09 Å². The fourth-order valence-electron chi connectivity index (χ4n) is 0.493. The Bertz CT molecular complexity index is 117. The number of carboxylic acid groups (broad SMARTS) is 1. The molecule has 0 radical (unpaired) electrons. The molecule has 0 saturated heterocycles. The summed E-state index contributed by atoms with van der Waals surface area (Å²) in [6, 6.07) is 0. The molecule has 0 spiro atoms. The number of hydrogen-bond donors (Lipinski definition) is 1. The minimum absolute atomic E-state index is 0.450. The van der Waals surface area contributed by atoms with Crippen LogP contribution >= 0.6 is 0 Å². The van der Waals surface area contributed by atoms with E-state index >= 15 is 0 Å². The van der Waals surface area contributed by atoms with E-state index in [0.29, 0.717) is 6.54 Å². The van der Waals surface area contributed by atoms with Gasteiger partial charge in [0, 0.05) is 0 Å². The van der Waals surface area contributed by atoms with Gasteiger partial charge in [0.15, 0.2) is 0 Å². The predicted octanol–water partition coefficient (Wildman–Crippen LogP) is -1.37. The monoisotopic (exact) mass is 146 g/mol. The third kappa shape index (κ3) is 7.23. The van der Waals surface area contributed by atoms with E-state index < -0.39 is 6.09 Å². The van der Waals surface area contributed by atoms with E-state index in [0.717, 1.165) is 11.0 Å². The van der Waals surface area contributed by atoms with E-state index in [4.69, 9.17) is 0 Å². The van der Waals surface area contributed by atoms with E-state index in [1.807, 2.05) is 21.1 Å². The molecule has 0 heterocycles. The fraction of sp³-hybridized carbons (Fsp3) is 0.833. The molecule has 4 heteroatoms. The molecule has 4 nitrogen and oxygen atoms in total. The number of rotatable bonds is 3. The number of carbonyl (C=O) groups excluding carboxylic acids is 1. The van der Waals surface area contributed by atoms with Gasteiger partial charge in [0.05, 0.1) is 34.2 Å². The maximum atomic E-state index is 9.86. The first kappa shape index (κ1) is 9.23. The van der Waals surface area contributed by atoms with Crippen molar-refractivity contribution in [1.82, 2.24) is 5.32 Å². The first-order valence-corrected chi connectivity index (χ1v) is 3.17. The van der Waals surface area contributed by atoms with Gasteiger partial charge >= 0.3 is 0 Å². The van der Waals surface area contributed by atoms with Crippen molar-refractivity contribution >= 4 is 6.09 Å². The van der Waals surface area contributed by atoms with Gasteiger partial charge in [0.25, 0.3) is 0 Å². The topological polar surface area (TPSA) is 52.2 Å². The zero-order valence-corrected chi connectivity index (χ0v) is 6.68. The highest BCUT2D eigenvalue weighted by molar-refractivity contribution is 5.61. The molecule has 1 amide bonds. The molecule has 0 rings (SSSR count). The second-order valence-corrected chi connectivity index (χ2v) is 3.23. The summed E-state index contributed by atoms with van der Waals surface area (Å²) in [6.07, 6.45) is -1.20. The molecule has 10 heavy (non-hydrogen) atoms. The summed E-state index contributed by atoms with van der Waals surface area (Å²) in [5, 5.41) is 12.0. The van der Waals surface area contributed by atoms with Crippen molar-refractivity contribution in [3.8, 4) is 0 Å². The molecule has 0 atom stereocenters. The number of nitrogens with zero attached hydrogens (tertiary/aromatic N) is 1. The lowest BCUT2D eigenvalue weighted by Crippen LogP contribution is -2.45. The van der Waals surface area contributed by atoms with Crippen LogP contribution in [0.15, 0.2) is 0 Å². The van der Waals surface area contributed by atoms with Crippen molar-refractivity contribution in [2.75, 3.05) is 34.2 Å². The number of likely N-dealkylation sites (N-methyl/N-ethyl adjacent to an activating group) is 1. The average molecular weight is 146 g/mol. The van der Waals surface area contributed by atoms with Crippen LogP contribution in [0.4, 0.5) is 4.79 Å².